The fourth-order valence-corrected chi connectivity index (χ4v) is 3.54. The SMILES string of the molecule is Cn1nccc1C(=O)NC[C@@H]1CO[C@H]2CN(c3ncccn3)C[C@@H]12. The number of aromatic nitrogens is 4. The first kappa shape index (κ1) is 15.1. The van der Waals surface area contributed by atoms with E-state index < -0.39 is 0 Å². The van der Waals surface area contributed by atoms with Crippen molar-refractivity contribution in [2.24, 2.45) is 18.9 Å². The van der Waals surface area contributed by atoms with Crippen molar-refractivity contribution in [3.63, 3.8) is 0 Å². The zero-order valence-corrected chi connectivity index (χ0v) is 13.5. The zero-order valence-electron chi connectivity index (χ0n) is 13.5. The van der Waals surface area contributed by atoms with Gasteiger partial charge in [0.25, 0.3) is 5.91 Å². The monoisotopic (exact) mass is 328 g/mol. The topological polar surface area (TPSA) is 85.2 Å². The van der Waals surface area contributed by atoms with Crippen molar-refractivity contribution in [3.8, 4) is 0 Å². The van der Waals surface area contributed by atoms with E-state index in [-0.39, 0.29) is 12.0 Å². The van der Waals surface area contributed by atoms with Crippen molar-refractivity contribution < 1.29 is 9.53 Å². The predicted octanol–water partition coefficient (Wildman–Crippen LogP) is 0.0913. The van der Waals surface area contributed by atoms with E-state index in [4.69, 9.17) is 4.74 Å². The fourth-order valence-electron chi connectivity index (χ4n) is 3.54. The Labute approximate surface area is 139 Å². The number of carbonyl (C=O) groups is 1. The summed E-state index contributed by atoms with van der Waals surface area (Å²) in [5.41, 5.74) is 0.566. The summed E-state index contributed by atoms with van der Waals surface area (Å²) in [6.45, 7) is 2.96. The molecular weight excluding hydrogens is 308 g/mol. The summed E-state index contributed by atoms with van der Waals surface area (Å²) in [5.74, 6) is 1.34. The van der Waals surface area contributed by atoms with Gasteiger partial charge in [-0.3, -0.25) is 9.48 Å². The van der Waals surface area contributed by atoms with Crippen LogP contribution < -0.4 is 10.2 Å². The average Bonchev–Trinajstić information content (AvgIpc) is 3.29. The van der Waals surface area contributed by atoms with E-state index in [2.05, 4.69) is 25.3 Å². The number of nitrogens with zero attached hydrogens (tertiary/aromatic N) is 5. The van der Waals surface area contributed by atoms with Crippen molar-refractivity contribution in [1.29, 1.82) is 0 Å². The minimum atomic E-state index is -0.0975. The maximum Gasteiger partial charge on any atom is 0.269 e. The van der Waals surface area contributed by atoms with Crippen LogP contribution in [0.3, 0.4) is 0 Å². The van der Waals surface area contributed by atoms with E-state index in [9.17, 15) is 4.79 Å². The van der Waals surface area contributed by atoms with Crippen LogP contribution in [-0.4, -0.2) is 58.0 Å². The molecular formula is C16H20N6O2. The molecule has 0 radical (unpaired) electrons. The van der Waals surface area contributed by atoms with Gasteiger partial charge >= 0.3 is 0 Å². The van der Waals surface area contributed by atoms with Crippen LogP contribution in [0.4, 0.5) is 5.95 Å². The molecule has 3 atom stereocenters. The third-order valence-electron chi connectivity index (χ3n) is 4.85. The van der Waals surface area contributed by atoms with E-state index in [1.807, 2.05) is 6.07 Å². The molecule has 2 aromatic rings. The minimum Gasteiger partial charge on any atom is -0.376 e. The van der Waals surface area contributed by atoms with Crippen molar-refractivity contribution >= 4 is 11.9 Å². The lowest BCUT2D eigenvalue weighted by Crippen LogP contribution is -2.35. The Hall–Kier alpha value is -2.48. The first-order valence-corrected chi connectivity index (χ1v) is 8.12. The van der Waals surface area contributed by atoms with Crippen LogP contribution in [0.25, 0.3) is 0 Å². The minimum absolute atomic E-state index is 0.0975. The highest BCUT2D eigenvalue weighted by Crippen LogP contribution is 2.34. The Bertz CT molecular complexity index is 718. The lowest BCUT2D eigenvalue weighted by Gasteiger charge is -2.19. The molecule has 0 spiro atoms. The van der Waals surface area contributed by atoms with Crippen molar-refractivity contribution in [3.05, 3.63) is 36.4 Å². The molecule has 2 aliphatic rings. The Kier molecular flexibility index (Phi) is 3.89. The first-order chi connectivity index (χ1) is 11.7. The second kappa shape index (κ2) is 6.20. The van der Waals surface area contributed by atoms with Crippen molar-refractivity contribution in [1.82, 2.24) is 25.1 Å². The summed E-state index contributed by atoms with van der Waals surface area (Å²) in [5, 5.41) is 7.03. The van der Waals surface area contributed by atoms with E-state index in [0.29, 0.717) is 30.7 Å². The zero-order chi connectivity index (χ0) is 16.5. The molecule has 24 heavy (non-hydrogen) atoms. The number of anilines is 1. The maximum atomic E-state index is 12.2. The third-order valence-corrected chi connectivity index (χ3v) is 4.85. The molecule has 2 saturated heterocycles. The number of hydrogen-bond donors (Lipinski definition) is 1. The highest BCUT2D eigenvalue weighted by atomic mass is 16.5. The molecule has 4 heterocycles. The summed E-state index contributed by atoms with van der Waals surface area (Å²) >= 11 is 0. The Morgan fingerprint density at radius 3 is 2.92 bits per heavy atom. The molecule has 4 rings (SSSR count). The molecule has 0 unspecified atom stereocenters. The number of hydrogen-bond acceptors (Lipinski definition) is 6. The molecule has 2 aromatic heterocycles. The smallest absolute Gasteiger partial charge is 0.269 e. The molecule has 8 nitrogen and oxygen atoms in total. The summed E-state index contributed by atoms with van der Waals surface area (Å²) < 4.78 is 7.50. The lowest BCUT2D eigenvalue weighted by atomic mass is 9.93. The number of nitrogens with one attached hydrogen (secondary N) is 1. The van der Waals surface area contributed by atoms with Gasteiger partial charge in [0.15, 0.2) is 0 Å². The van der Waals surface area contributed by atoms with Gasteiger partial charge in [-0.1, -0.05) is 0 Å². The van der Waals surface area contributed by atoms with Gasteiger partial charge in [0.1, 0.15) is 5.69 Å². The average molecular weight is 328 g/mol. The molecule has 0 bridgehead atoms. The number of fused-ring (bicyclic) bond motifs is 1. The Morgan fingerprint density at radius 1 is 1.33 bits per heavy atom. The summed E-state index contributed by atoms with van der Waals surface area (Å²) in [4.78, 5) is 23.0. The van der Waals surface area contributed by atoms with Crippen LogP contribution >= 0.6 is 0 Å². The summed E-state index contributed by atoms with van der Waals surface area (Å²) in [6.07, 6.45) is 5.32. The molecule has 126 valence electrons. The van der Waals surface area contributed by atoms with Gasteiger partial charge in [-0.05, 0) is 12.1 Å². The normalized spacial score (nSPS) is 25.7. The summed E-state index contributed by atoms with van der Waals surface area (Å²) in [7, 11) is 1.76. The van der Waals surface area contributed by atoms with Gasteiger partial charge < -0.3 is 15.0 Å². The van der Waals surface area contributed by atoms with Crippen molar-refractivity contribution in [2.75, 3.05) is 31.1 Å². The molecule has 8 heteroatoms. The van der Waals surface area contributed by atoms with Crippen LogP contribution in [0, 0.1) is 11.8 Å². The molecule has 0 aliphatic carbocycles. The van der Waals surface area contributed by atoms with E-state index in [0.717, 1.165) is 19.0 Å². The standard InChI is InChI=1S/C16H20N6O2/c1-21-13(3-6-20-21)15(23)19-7-11-10-24-14-9-22(8-12(11)14)16-17-4-2-5-18-16/h2-6,11-12,14H,7-10H2,1H3,(H,19,23)/t11-,12+,14+/m1/s1. The second-order valence-corrected chi connectivity index (χ2v) is 6.30. The molecule has 0 saturated carbocycles. The van der Waals surface area contributed by atoms with Crippen molar-refractivity contribution in [2.45, 2.75) is 6.10 Å². The third kappa shape index (κ3) is 2.73. The van der Waals surface area contributed by atoms with E-state index in [1.165, 1.54) is 0 Å². The van der Waals surface area contributed by atoms with E-state index >= 15 is 0 Å². The van der Waals surface area contributed by atoms with Gasteiger partial charge in [-0.15, -0.1) is 0 Å². The highest BCUT2D eigenvalue weighted by molar-refractivity contribution is 5.92. The van der Waals surface area contributed by atoms with Crippen LogP contribution in [0.5, 0.6) is 0 Å². The van der Waals surface area contributed by atoms with Gasteiger partial charge in [0, 0.05) is 57.1 Å². The maximum absolute atomic E-state index is 12.2. The van der Waals surface area contributed by atoms with Gasteiger partial charge in [0.05, 0.1) is 12.7 Å². The number of amides is 1. The Balaban J connectivity index is 1.36. The van der Waals surface area contributed by atoms with Gasteiger partial charge in [0.2, 0.25) is 5.95 Å². The predicted molar refractivity (Wildman–Crippen MR) is 86.5 cm³/mol. The van der Waals surface area contributed by atoms with Crippen LogP contribution in [0.15, 0.2) is 30.7 Å². The number of ether oxygens (including phenoxy) is 1. The molecule has 2 aliphatic heterocycles. The van der Waals surface area contributed by atoms with Gasteiger partial charge in [-0.25, -0.2) is 9.97 Å². The van der Waals surface area contributed by atoms with Gasteiger partial charge in [-0.2, -0.15) is 5.10 Å². The summed E-state index contributed by atoms with van der Waals surface area (Å²) in [6, 6.07) is 3.53. The largest absolute Gasteiger partial charge is 0.376 e. The quantitative estimate of drug-likeness (QED) is 0.856. The van der Waals surface area contributed by atoms with E-state index in [1.54, 1.807) is 36.4 Å². The van der Waals surface area contributed by atoms with Crippen LogP contribution in [-0.2, 0) is 11.8 Å². The molecule has 1 N–H and O–H groups in total. The fraction of sp³-hybridized carbons (Fsp3) is 0.500. The first-order valence-electron chi connectivity index (χ1n) is 8.12. The number of carbonyl (C=O) groups excluding carboxylic acids is 1. The lowest BCUT2D eigenvalue weighted by molar-refractivity contribution is 0.0930. The highest BCUT2D eigenvalue weighted by Gasteiger charge is 2.44. The molecule has 0 aromatic carbocycles. The second-order valence-electron chi connectivity index (χ2n) is 6.30. The molecule has 1 amide bonds. The number of rotatable bonds is 4. The molecule has 2 fully saturated rings. The number of aryl methyl sites for hydroxylation is 1. The van der Waals surface area contributed by atoms with Crippen LogP contribution in [0.2, 0.25) is 0 Å². The van der Waals surface area contributed by atoms with Crippen LogP contribution in [0.1, 0.15) is 10.5 Å². The Morgan fingerprint density at radius 2 is 2.17 bits per heavy atom.